The summed E-state index contributed by atoms with van der Waals surface area (Å²) < 4.78 is 2.18. The first-order valence-corrected chi connectivity index (χ1v) is 7.08. The zero-order valence-corrected chi connectivity index (χ0v) is 12.5. The van der Waals surface area contributed by atoms with Crippen molar-refractivity contribution in [1.82, 2.24) is 19.7 Å². The Labute approximate surface area is 129 Å². The number of nitrogens with zero attached hydrogens (tertiary/aromatic N) is 3. The second kappa shape index (κ2) is 5.92. The van der Waals surface area contributed by atoms with Gasteiger partial charge in [-0.3, -0.25) is 9.48 Å². The monoisotopic (exact) mass is 345 g/mol. The van der Waals surface area contributed by atoms with Crippen LogP contribution in [0, 0.1) is 0 Å². The molecule has 2 aromatic heterocycles. The molecule has 7 heteroatoms. The Kier molecular flexibility index (Phi) is 3.83. The number of anilines is 2. The van der Waals surface area contributed by atoms with Crippen molar-refractivity contribution in [1.29, 1.82) is 0 Å². The van der Waals surface area contributed by atoms with Gasteiger partial charge < -0.3 is 10.3 Å². The minimum Gasteiger partial charge on any atom is -0.337 e. The van der Waals surface area contributed by atoms with Crippen molar-refractivity contribution in [2.75, 3.05) is 5.32 Å². The molecule has 0 atom stereocenters. The van der Waals surface area contributed by atoms with Crippen molar-refractivity contribution < 1.29 is 0 Å². The molecule has 2 N–H and O–H groups in total. The topological polar surface area (TPSA) is 75.6 Å². The molecule has 0 saturated carbocycles. The average molecular weight is 346 g/mol. The molecule has 0 radical (unpaired) electrons. The Balaban J connectivity index is 1.76. The van der Waals surface area contributed by atoms with Crippen LogP contribution in [0.4, 0.5) is 11.5 Å². The van der Waals surface area contributed by atoms with Crippen LogP contribution in [0.2, 0.25) is 0 Å². The summed E-state index contributed by atoms with van der Waals surface area (Å²) in [5.74, 6) is 0.456. The number of hydrogen-bond acceptors (Lipinski definition) is 4. The van der Waals surface area contributed by atoms with E-state index in [0.717, 1.165) is 5.69 Å². The van der Waals surface area contributed by atoms with E-state index in [2.05, 4.69) is 36.3 Å². The molecule has 0 aliphatic rings. The maximum atomic E-state index is 11.5. The summed E-state index contributed by atoms with van der Waals surface area (Å²) in [4.78, 5) is 18.0. The predicted octanol–water partition coefficient (Wildman–Crippen LogP) is 2.52. The number of rotatable bonds is 4. The Morgan fingerprint density at radius 3 is 2.90 bits per heavy atom. The van der Waals surface area contributed by atoms with E-state index >= 15 is 0 Å². The molecule has 0 fully saturated rings. The number of halogens is 1. The van der Waals surface area contributed by atoms with E-state index in [1.165, 1.54) is 11.9 Å². The fraction of sp³-hybridized carbons (Fsp3) is 0.0714. The first-order chi connectivity index (χ1) is 10.2. The number of benzene rings is 1. The van der Waals surface area contributed by atoms with Crippen LogP contribution in [0.5, 0.6) is 0 Å². The quantitative estimate of drug-likeness (QED) is 0.761. The number of H-pyrrole nitrogens is 1. The van der Waals surface area contributed by atoms with Crippen LogP contribution in [0.25, 0.3) is 0 Å². The second-order valence-electron chi connectivity index (χ2n) is 4.43. The van der Waals surface area contributed by atoms with Crippen molar-refractivity contribution in [2.24, 2.45) is 0 Å². The van der Waals surface area contributed by atoms with Gasteiger partial charge in [-0.2, -0.15) is 5.10 Å². The molecule has 0 bridgehead atoms. The van der Waals surface area contributed by atoms with Gasteiger partial charge in [-0.05, 0) is 21.5 Å². The highest BCUT2D eigenvalue weighted by atomic mass is 79.9. The average Bonchev–Trinajstić information content (AvgIpc) is 2.92. The lowest BCUT2D eigenvalue weighted by Gasteiger charge is -2.03. The highest BCUT2D eigenvalue weighted by Gasteiger charge is 2.07. The maximum Gasteiger partial charge on any atom is 0.267 e. The van der Waals surface area contributed by atoms with Crippen LogP contribution in [-0.4, -0.2) is 19.7 Å². The van der Waals surface area contributed by atoms with Gasteiger partial charge in [0.2, 0.25) is 0 Å². The molecule has 0 amide bonds. The molecule has 3 aromatic rings. The van der Waals surface area contributed by atoms with Gasteiger partial charge in [0, 0.05) is 6.20 Å². The normalized spacial score (nSPS) is 10.5. The van der Waals surface area contributed by atoms with E-state index in [1.807, 2.05) is 41.2 Å². The molecule has 0 unspecified atom stereocenters. The molecule has 106 valence electrons. The van der Waals surface area contributed by atoms with Crippen molar-refractivity contribution in [2.45, 2.75) is 6.54 Å². The van der Waals surface area contributed by atoms with E-state index in [1.54, 1.807) is 6.20 Å². The van der Waals surface area contributed by atoms with Gasteiger partial charge in [-0.25, -0.2) is 4.98 Å². The molecule has 0 aliphatic heterocycles. The highest BCUT2D eigenvalue weighted by molar-refractivity contribution is 9.10. The van der Waals surface area contributed by atoms with Gasteiger partial charge in [-0.1, -0.05) is 30.3 Å². The molecule has 2 heterocycles. The molecule has 0 spiro atoms. The minimum atomic E-state index is -0.232. The molecule has 21 heavy (non-hydrogen) atoms. The maximum absolute atomic E-state index is 11.5. The summed E-state index contributed by atoms with van der Waals surface area (Å²) in [5, 5.41) is 7.34. The molecule has 0 saturated heterocycles. The second-order valence-corrected chi connectivity index (χ2v) is 5.22. The van der Waals surface area contributed by atoms with Gasteiger partial charge in [0.15, 0.2) is 5.82 Å². The summed E-state index contributed by atoms with van der Waals surface area (Å²) in [7, 11) is 0. The number of nitrogens with one attached hydrogen (secondary N) is 2. The van der Waals surface area contributed by atoms with Gasteiger partial charge >= 0.3 is 0 Å². The SMILES string of the molecule is O=c1[nH]cnc(Nc2cnn(Cc3ccccc3)c2)c1Br. The molecular weight excluding hydrogens is 334 g/mol. The summed E-state index contributed by atoms with van der Waals surface area (Å²) in [6.45, 7) is 0.687. The molecule has 6 nitrogen and oxygen atoms in total. The van der Waals surface area contributed by atoms with Gasteiger partial charge in [0.05, 0.1) is 24.8 Å². The fourth-order valence-electron chi connectivity index (χ4n) is 1.89. The van der Waals surface area contributed by atoms with Crippen molar-refractivity contribution >= 4 is 27.4 Å². The van der Waals surface area contributed by atoms with E-state index in [-0.39, 0.29) is 5.56 Å². The standard InChI is InChI=1S/C14H12BrN5O/c15-12-13(16-9-17-14(12)21)19-11-6-18-20(8-11)7-10-4-2-1-3-5-10/h1-6,8-9H,7H2,(H2,16,17,19,21). The van der Waals surface area contributed by atoms with Crippen LogP contribution in [0.1, 0.15) is 5.56 Å². The molecule has 3 rings (SSSR count). The first-order valence-electron chi connectivity index (χ1n) is 6.29. The zero-order valence-electron chi connectivity index (χ0n) is 11.0. The number of hydrogen-bond donors (Lipinski definition) is 2. The smallest absolute Gasteiger partial charge is 0.267 e. The summed E-state index contributed by atoms with van der Waals surface area (Å²) in [5.41, 5.74) is 1.71. The van der Waals surface area contributed by atoms with Crippen LogP contribution in [0.15, 0.2) is 58.3 Å². The summed E-state index contributed by atoms with van der Waals surface area (Å²) in [6, 6.07) is 10.1. The van der Waals surface area contributed by atoms with Crippen molar-refractivity contribution in [3.8, 4) is 0 Å². The van der Waals surface area contributed by atoms with E-state index in [9.17, 15) is 4.79 Å². The fourth-order valence-corrected chi connectivity index (χ4v) is 2.21. The lowest BCUT2D eigenvalue weighted by Crippen LogP contribution is -2.09. The summed E-state index contributed by atoms with van der Waals surface area (Å²) >= 11 is 3.20. The summed E-state index contributed by atoms with van der Waals surface area (Å²) in [6.07, 6.45) is 4.91. The van der Waals surface area contributed by atoms with Crippen LogP contribution in [-0.2, 0) is 6.54 Å². The first kappa shape index (κ1) is 13.6. The Morgan fingerprint density at radius 1 is 1.29 bits per heavy atom. The zero-order chi connectivity index (χ0) is 14.7. The van der Waals surface area contributed by atoms with Crippen LogP contribution < -0.4 is 10.9 Å². The third-order valence-electron chi connectivity index (χ3n) is 2.88. The van der Waals surface area contributed by atoms with Crippen molar-refractivity contribution in [3.63, 3.8) is 0 Å². The van der Waals surface area contributed by atoms with Crippen LogP contribution in [0.3, 0.4) is 0 Å². The van der Waals surface area contributed by atoms with Gasteiger partial charge in [-0.15, -0.1) is 0 Å². The number of aromatic nitrogens is 4. The lowest BCUT2D eigenvalue weighted by molar-refractivity contribution is 0.687. The largest absolute Gasteiger partial charge is 0.337 e. The van der Waals surface area contributed by atoms with E-state index in [4.69, 9.17) is 0 Å². The third-order valence-corrected chi connectivity index (χ3v) is 3.62. The third kappa shape index (κ3) is 3.19. The lowest BCUT2D eigenvalue weighted by atomic mass is 10.2. The Morgan fingerprint density at radius 2 is 2.10 bits per heavy atom. The van der Waals surface area contributed by atoms with Crippen LogP contribution >= 0.6 is 15.9 Å². The molecule has 1 aromatic carbocycles. The van der Waals surface area contributed by atoms with Gasteiger partial charge in [0.25, 0.3) is 5.56 Å². The van der Waals surface area contributed by atoms with E-state index in [0.29, 0.717) is 16.8 Å². The Bertz CT molecular complexity index is 796. The van der Waals surface area contributed by atoms with Gasteiger partial charge in [0.1, 0.15) is 4.47 Å². The predicted molar refractivity (Wildman–Crippen MR) is 83.6 cm³/mol. The highest BCUT2D eigenvalue weighted by Crippen LogP contribution is 2.19. The minimum absolute atomic E-state index is 0.232. The van der Waals surface area contributed by atoms with Crippen molar-refractivity contribution in [3.05, 3.63) is 69.4 Å². The number of aromatic amines is 1. The molecule has 0 aliphatic carbocycles. The Hall–Kier alpha value is -2.41. The molecular formula is C14H12BrN5O. The van der Waals surface area contributed by atoms with E-state index < -0.39 is 0 Å².